The first kappa shape index (κ1) is 17.1. The molecule has 5 heteroatoms. The van der Waals surface area contributed by atoms with Crippen molar-refractivity contribution in [1.82, 2.24) is 5.32 Å². The second-order valence-corrected chi connectivity index (χ2v) is 5.61. The Morgan fingerprint density at radius 1 is 1.09 bits per heavy atom. The topological polar surface area (TPSA) is 52.9 Å². The van der Waals surface area contributed by atoms with E-state index in [4.69, 9.17) is 23.2 Å². The van der Waals surface area contributed by atoms with Crippen molar-refractivity contribution in [2.75, 3.05) is 6.54 Å². The number of hydrogen-bond donors (Lipinski definition) is 1. The maximum Gasteiger partial charge on any atom is 0.261 e. The molecule has 2 rings (SSSR count). The molecule has 0 aliphatic carbocycles. The maximum absolute atomic E-state index is 12.1. The molecule has 0 bridgehead atoms. The molecule has 0 spiro atoms. The molecule has 23 heavy (non-hydrogen) atoms. The Labute approximate surface area is 145 Å². The van der Waals surface area contributed by atoms with Crippen LogP contribution in [0.2, 0.25) is 10.0 Å². The molecule has 116 valence electrons. The highest BCUT2D eigenvalue weighted by Gasteiger charge is 2.11. The van der Waals surface area contributed by atoms with Crippen LogP contribution in [0.4, 0.5) is 0 Å². The van der Waals surface area contributed by atoms with Crippen molar-refractivity contribution in [3.63, 3.8) is 0 Å². The van der Waals surface area contributed by atoms with Gasteiger partial charge in [-0.2, -0.15) is 5.26 Å². The van der Waals surface area contributed by atoms with Crippen molar-refractivity contribution < 1.29 is 4.79 Å². The van der Waals surface area contributed by atoms with Gasteiger partial charge in [-0.15, -0.1) is 0 Å². The highest BCUT2D eigenvalue weighted by Crippen LogP contribution is 2.26. The van der Waals surface area contributed by atoms with Crippen molar-refractivity contribution >= 4 is 35.2 Å². The molecule has 3 nitrogen and oxygen atoms in total. The molecule has 0 saturated heterocycles. The van der Waals surface area contributed by atoms with E-state index < -0.39 is 5.91 Å². The van der Waals surface area contributed by atoms with Crippen LogP contribution in [0, 0.1) is 11.3 Å². The van der Waals surface area contributed by atoms with Gasteiger partial charge in [-0.1, -0.05) is 59.6 Å². The van der Waals surface area contributed by atoms with Gasteiger partial charge < -0.3 is 5.32 Å². The van der Waals surface area contributed by atoms with Gasteiger partial charge in [-0.3, -0.25) is 4.79 Å². The number of benzene rings is 2. The van der Waals surface area contributed by atoms with Crippen LogP contribution >= 0.6 is 23.2 Å². The monoisotopic (exact) mass is 344 g/mol. The summed E-state index contributed by atoms with van der Waals surface area (Å²) in [6, 6.07) is 16.7. The van der Waals surface area contributed by atoms with Gasteiger partial charge in [-0.25, -0.2) is 0 Å². The molecule has 0 atom stereocenters. The average molecular weight is 345 g/mol. The predicted molar refractivity (Wildman–Crippen MR) is 93.2 cm³/mol. The van der Waals surface area contributed by atoms with E-state index >= 15 is 0 Å². The van der Waals surface area contributed by atoms with Crippen molar-refractivity contribution in [2.45, 2.75) is 6.42 Å². The number of carbonyl (C=O) groups is 1. The third kappa shape index (κ3) is 4.85. The van der Waals surface area contributed by atoms with Crippen LogP contribution in [-0.2, 0) is 11.2 Å². The van der Waals surface area contributed by atoms with Crippen LogP contribution in [0.1, 0.15) is 11.1 Å². The summed E-state index contributed by atoms with van der Waals surface area (Å²) in [5.41, 5.74) is 1.54. The molecule has 0 unspecified atom stereocenters. The molecule has 0 aliphatic heterocycles. The molecule has 0 radical (unpaired) electrons. The molecule has 0 saturated carbocycles. The lowest BCUT2D eigenvalue weighted by molar-refractivity contribution is -0.117. The fourth-order valence-electron chi connectivity index (χ4n) is 2.00. The SMILES string of the molecule is N#CC(=Cc1c(Cl)cccc1Cl)C(=O)NCCc1ccccc1. The Bertz CT molecular complexity index is 744. The fourth-order valence-corrected chi connectivity index (χ4v) is 2.51. The van der Waals surface area contributed by atoms with Gasteiger partial charge in [-0.05, 0) is 30.2 Å². The van der Waals surface area contributed by atoms with Crippen molar-refractivity contribution in [2.24, 2.45) is 0 Å². The van der Waals surface area contributed by atoms with E-state index in [1.807, 2.05) is 36.4 Å². The molecule has 0 aliphatic rings. The first-order chi connectivity index (χ1) is 11.1. The van der Waals surface area contributed by atoms with Gasteiger partial charge in [0, 0.05) is 22.2 Å². The molecule has 2 aromatic carbocycles. The van der Waals surface area contributed by atoms with E-state index in [1.54, 1.807) is 18.2 Å². The smallest absolute Gasteiger partial charge is 0.261 e. The van der Waals surface area contributed by atoms with E-state index in [9.17, 15) is 10.1 Å². The Kier molecular flexibility index (Phi) is 6.22. The van der Waals surface area contributed by atoms with Crippen LogP contribution < -0.4 is 5.32 Å². The van der Waals surface area contributed by atoms with Crippen molar-refractivity contribution in [3.8, 4) is 6.07 Å². The minimum Gasteiger partial charge on any atom is -0.351 e. The third-order valence-electron chi connectivity index (χ3n) is 3.20. The number of nitrogens with zero attached hydrogens (tertiary/aromatic N) is 1. The van der Waals surface area contributed by atoms with Gasteiger partial charge >= 0.3 is 0 Å². The Hall–Kier alpha value is -2.28. The molecular weight excluding hydrogens is 331 g/mol. The number of carbonyl (C=O) groups excluding carboxylic acids is 1. The normalized spacial score (nSPS) is 10.9. The highest BCUT2D eigenvalue weighted by atomic mass is 35.5. The molecule has 0 fully saturated rings. The van der Waals surface area contributed by atoms with Gasteiger partial charge in [0.25, 0.3) is 5.91 Å². The first-order valence-corrected chi connectivity index (χ1v) is 7.75. The number of nitrogens with one attached hydrogen (secondary N) is 1. The average Bonchev–Trinajstić information content (AvgIpc) is 2.55. The van der Waals surface area contributed by atoms with Crippen LogP contribution in [0.3, 0.4) is 0 Å². The second kappa shape index (κ2) is 8.38. The van der Waals surface area contributed by atoms with Crippen LogP contribution in [0.5, 0.6) is 0 Å². The minimum atomic E-state index is -0.445. The van der Waals surface area contributed by atoms with E-state index in [2.05, 4.69) is 5.32 Å². The summed E-state index contributed by atoms with van der Waals surface area (Å²) in [4.78, 5) is 12.1. The molecular formula is C18H14Cl2N2O. The summed E-state index contributed by atoms with van der Waals surface area (Å²) in [5.74, 6) is -0.445. The number of rotatable bonds is 5. The third-order valence-corrected chi connectivity index (χ3v) is 3.85. The van der Waals surface area contributed by atoms with Crippen LogP contribution in [0.15, 0.2) is 54.1 Å². The van der Waals surface area contributed by atoms with Gasteiger partial charge in [0.2, 0.25) is 0 Å². The lowest BCUT2D eigenvalue weighted by Gasteiger charge is -2.06. The molecule has 1 N–H and O–H groups in total. The first-order valence-electron chi connectivity index (χ1n) is 6.99. The summed E-state index contributed by atoms with van der Waals surface area (Å²) in [7, 11) is 0. The Balaban J connectivity index is 2.04. The quantitative estimate of drug-likeness (QED) is 0.650. The zero-order valence-electron chi connectivity index (χ0n) is 12.2. The zero-order valence-corrected chi connectivity index (χ0v) is 13.7. The van der Waals surface area contributed by atoms with E-state index in [0.717, 1.165) is 5.56 Å². The summed E-state index contributed by atoms with van der Waals surface area (Å²) >= 11 is 12.1. The fraction of sp³-hybridized carbons (Fsp3) is 0.111. The molecule has 2 aromatic rings. The van der Waals surface area contributed by atoms with Crippen molar-refractivity contribution in [1.29, 1.82) is 5.26 Å². The van der Waals surface area contributed by atoms with Gasteiger partial charge in [0.1, 0.15) is 11.6 Å². The Morgan fingerprint density at radius 3 is 2.35 bits per heavy atom. The lowest BCUT2D eigenvalue weighted by atomic mass is 10.1. The van der Waals surface area contributed by atoms with Crippen molar-refractivity contribution in [3.05, 3.63) is 75.3 Å². The van der Waals surface area contributed by atoms with Gasteiger partial charge in [0.15, 0.2) is 0 Å². The summed E-state index contributed by atoms with van der Waals surface area (Å²) in [5, 5.41) is 12.7. The number of halogens is 2. The number of nitriles is 1. The number of hydrogen-bond acceptors (Lipinski definition) is 2. The summed E-state index contributed by atoms with van der Waals surface area (Å²) in [6.45, 7) is 0.443. The zero-order chi connectivity index (χ0) is 16.7. The van der Waals surface area contributed by atoms with Crippen LogP contribution in [-0.4, -0.2) is 12.5 Å². The predicted octanol–water partition coefficient (Wildman–Crippen LogP) is 4.26. The van der Waals surface area contributed by atoms with E-state index in [0.29, 0.717) is 28.6 Å². The summed E-state index contributed by atoms with van der Waals surface area (Å²) in [6.07, 6.45) is 2.10. The van der Waals surface area contributed by atoms with Gasteiger partial charge in [0.05, 0.1) is 0 Å². The highest BCUT2D eigenvalue weighted by molar-refractivity contribution is 6.37. The Morgan fingerprint density at radius 2 is 1.74 bits per heavy atom. The molecule has 0 heterocycles. The van der Waals surface area contributed by atoms with E-state index in [1.165, 1.54) is 6.08 Å². The van der Waals surface area contributed by atoms with E-state index in [-0.39, 0.29) is 5.57 Å². The summed E-state index contributed by atoms with van der Waals surface area (Å²) < 4.78 is 0. The largest absolute Gasteiger partial charge is 0.351 e. The number of amides is 1. The minimum absolute atomic E-state index is 0.0342. The maximum atomic E-state index is 12.1. The molecule has 1 amide bonds. The second-order valence-electron chi connectivity index (χ2n) is 4.80. The standard InChI is InChI=1S/C18H14Cl2N2O/c19-16-7-4-8-17(20)15(16)11-14(12-21)18(23)22-10-9-13-5-2-1-3-6-13/h1-8,11H,9-10H2,(H,22,23). The van der Waals surface area contributed by atoms with Crippen LogP contribution in [0.25, 0.3) is 6.08 Å². The molecule has 0 aromatic heterocycles. The lowest BCUT2D eigenvalue weighted by Crippen LogP contribution is -2.26.